The van der Waals surface area contributed by atoms with Gasteiger partial charge in [-0.25, -0.2) is 4.39 Å². The highest BCUT2D eigenvalue weighted by Gasteiger charge is 2.23. The van der Waals surface area contributed by atoms with Crippen molar-refractivity contribution in [3.05, 3.63) is 69.0 Å². The van der Waals surface area contributed by atoms with Gasteiger partial charge in [0.05, 0.1) is 14.8 Å². The lowest BCUT2D eigenvalue weighted by atomic mass is 10.1. The van der Waals surface area contributed by atoms with Crippen molar-refractivity contribution in [3.63, 3.8) is 0 Å². The van der Waals surface area contributed by atoms with Crippen LogP contribution in [0.25, 0.3) is 0 Å². The van der Waals surface area contributed by atoms with Gasteiger partial charge in [-0.1, -0.05) is 41.9 Å². The third-order valence-electron chi connectivity index (χ3n) is 3.17. The molecular formula is C16H16ClFN2O2S. The molecule has 0 bridgehead atoms. The Morgan fingerprint density at radius 2 is 1.96 bits per heavy atom. The number of likely N-dealkylation sites (N-methyl/N-ethyl adjacent to an activating group) is 1. The molecule has 0 amide bonds. The lowest BCUT2D eigenvalue weighted by molar-refractivity contribution is -0.387. The molecule has 0 saturated heterocycles. The van der Waals surface area contributed by atoms with Gasteiger partial charge in [-0.2, -0.15) is 0 Å². The lowest BCUT2D eigenvalue weighted by Crippen LogP contribution is -2.18. The molecule has 1 atom stereocenters. The monoisotopic (exact) mass is 354 g/mol. The number of nitro groups is 1. The molecule has 0 N–H and O–H groups in total. The van der Waals surface area contributed by atoms with Gasteiger partial charge in [-0.15, -0.1) is 11.8 Å². The van der Waals surface area contributed by atoms with Crippen molar-refractivity contribution in [2.75, 3.05) is 20.6 Å². The van der Waals surface area contributed by atoms with Crippen molar-refractivity contribution in [1.29, 1.82) is 0 Å². The van der Waals surface area contributed by atoms with Gasteiger partial charge in [0, 0.05) is 17.9 Å². The SMILES string of the molecule is CN(C)CC(Sc1cc(F)c(Cl)cc1[N+](=O)[O-])c1ccccc1. The van der Waals surface area contributed by atoms with E-state index in [-0.39, 0.29) is 20.9 Å². The van der Waals surface area contributed by atoms with Crippen LogP contribution in [0.4, 0.5) is 10.1 Å². The summed E-state index contributed by atoms with van der Waals surface area (Å²) in [5, 5.41) is 10.9. The molecule has 4 nitrogen and oxygen atoms in total. The fraction of sp³-hybridized carbons (Fsp3) is 0.250. The predicted octanol–water partition coefficient (Wildman–Crippen LogP) is 4.78. The summed E-state index contributed by atoms with van der Waals surface area (Å²) < 4.78 is 13.8. The third-order valence-corrected chi connectivity index (χ3v) is 4.75. The molecule has 0 aliphatic heterocycles. The van der Waals surface area contributed by atoms with E-state index in [1.54, 1.807) is 0 Å². The molecule has 0 fully saturated rings. The number of thioether (sulfide) groups is 1. The van der Waals surface area contributed by atoms with Gasteiger partial charge >= 0.3 is 0 Å². The summed E-state index contributed by atoms with van der Waals surface area (Å²) in [6.45, 7) is 0.663. The molecule has 0 aliphatic rings. The van der Waals surface area contributed by atoms with Gasteiger partial charge in [-0.05, 0) is 25.7 Å². The van der Waals surface area contributed by atoms with E-state index >= 15 is 0 Å². The number of nitro benzene ring substituents is 1. The van der Waals surface area contributed by atoms with Crippen LogP contribution in [-0.2, 0) is 0 Å². The quantitative estimate of drug-likeness (QED) is 0.425. The summed E-state index contributed by atoms with van der Waals surface area (Å²) in [5.74, 6) is -0.656. The molecule has 122 valence electrons. The Kier molecular flexibility index (Phi) is 5.98. The Labute approximate surface area is 143 Å². The minimum atomic E-state index is -0.656. The highest BCUT2D eigenvalue weighted by Crippen LogP contribution is 2.41. The number of benzene rings is 2. The van der Waals surface area contributed by atoms with Crippen LogP contribution in [-0.4, -0.2) is 30.5 Å². The van der Waals surface area contributed by atoms with Crippen molar-refractivity contribution in [2.24, 2.45) is 0 Å². The van der Waals surface area contributed by atoms with Crippen molar-refractivity contribution in [3.8, 4) is 0 Å². The molecule has 0 spiro atoms. The van der Waals surface area contributed by atoms with E-state index in [1.165, 1.54) is 11.8 Å². The van der Waals surface area contributed by atoms with Gasteiger partial charge in [0.2, 0.25) is 0 Å². The zero-order valence-corrected chi connectivity index (χ0v) is 14.3. The smallest absolute Gasteiger partial charge is 0.284 e. The molecule has 2 aromatic rings. The molecule has 0 aromatic heterocycles. The standard InChI is InChI=1S/C16H16ClFN2O2S/c1-19(2)10-16(11-6-4-3-5-7-11)23-15-9-13(18)12(17)8-14(15)20(21)22/h3-9,16H,10H2,1-2H3. The highest BCUT2D eigenvalue weighted by molar-refractivity contribution is 7.99. The maximum absolute atomic E-state index is 13.8. The maximum Gasteiger partial charge on any atom is 0.284 e. The van der Waals surface area contributed by atoms with Gasteiger partial charge in [-0.3, -0.25) is 10.1 Å². The Bertz CT molecular complexity index is 698. The largest absolute Gasteiger partial charge is 0.308 e. The number of rotatable bonds is 6. The van der Waals surface area contributed by atoms with E-state index in [0.717, 1.165) is 17.7 Å². The van der Waals surface area contributed by atoms with Crippen LogP contribution in [0.5, 0.6) is 0 Å². The first-order valence-electron chi connectivity index (χ1n) is 6.88. The highest BCUT2D eigenvalue weighted by atomic mass is 35.5. The summed E-state index contributed by atoms with van der Waals surface area (Å²) in [6.07, 6.45) is 0. The first-order chi connectivity index (χ1) is 10.9. The van der Waals surface area contributed by atoms with E-state index in [4.69, 9.17) is 11.6 Å². The number of hydrogen-bond acceptors (Lipinski definition) is 4. The summed E-state index contributed by atoms with van der Waals surface area (Å²) in [5.41, 5.74) is 0.844. The molecule has 0 radical (unpaired) electrons. The minimum Gasteiger partial charge on any atom is -0.308 e. The first-order valence-corrected chi connectivity index (χ1v) is 8.14. The molecule has 0 saturated carbocycles. The van der Waals surface area contributed by atoms with Crippen LogP contribution in [0.15, 0.2) is 47.4 Å². The van der Waals surface area contributed by atoms with Crippen LogP contribution in [0.2, 0.25) is 5.02 Å². The van der Waals surface area contributed by atoms with E-state index in [0.29, 0.717) is 6.54 Å². The molecule has 0 aliphatic carbocycles. The van der Waals surface area contributed by atoms with Crippen molar-refractivity contribution >= 4 is 29.1 Å². The minimum absolute atomic E-state index is 0.0644. The van der Waals surface area contributed by atoms with Gasteiger partial charge in [0.1, 0.15) is 5.82 Å². The zero-order chi connectivity index (χ0) is 17.0. The summed E-state index contributed by atoms with van der Waals surface area (Å²) in [6, 6.07) is 11.8. The fourth-order valence-corrected chi connectivity index (χ4v) is 3.67. The van der Waals surface area contributed by atoms with Crippen molar-refractivity contribution in [1.82, 2.24) is 4.90 Å². The Morgan fingerprint density at radius 3 is 2.52 bits per heavy atom. The third kappa shape index (κ3) is 4.67. The summed E-state index contributed by atoms with van der Waals surface area (Å²) in [7, 11) is 3.85. The zero-order valence-electron chi connectivity index (χ0n) is 12.7. The summed E-state index contributed by atoms with van der Waals surface area (Å²) >= 11 is 6.94. The Hall–Kier alpha value is -1.63. The van der Waals surface area contributed by atoms with Crippen LogP contribution >= 0.6 is 23.4 Å². The van der Waals surface area contributed by atoms with Crippen LogP contribution < -0.4 is 0 Å². The molecule has 23 heavy (non-hydrogen) atoms. The molecule has 1 unspecified atom stereocenters. The fourth-order valence-electron chi connectivity index (χ4n) is 2.12. The Morgan fingerprint density at radius 1 is 1.30 bits per heavy atom. The van der Waals surface area contributed by atoms with Crippen LogP contribution in [0.1, 0.15) is 10.8 Å². The van der Waals surface area contributed by atoms with Gasteiger partial charge in [0.25, 0.3) is 5.69 Å². The molecule has 7 heteroatoms. The predicted molar refractivity (Wildman–Crippen MR) is 91.7 cm³/mol. The second-order valence-corrected chi connectivity index (χ2v) is 6.92. The van der Waals surface area contributed by atoms with Crippen LogP contribution in [0, 0.1) is 15.9 Å². The number of halogens is 2. The second-order valence-electron chi connectivity index (χ2n) is 5.27. The number of nitrogens with zero attached hydrogens (tertiary/aromatic N) is 2. The van der Waals surface area contributed by atoms with Crippen molar-refractivity contribution < 1.29 is 9.31 Å². The average molecular weight is 355 g/mol. The van der Waals surface area contributed by atoms with Crippen molar-refractivity contribution in [2.45, 2.75) is 10.1 Å². The topological polar surface area (TPSA) is 46.4 Å². The van der Waals surface area contributed by atoms with E-state index in [2.05, 4.69) is 0 Å². The Balaban J connectivity index is 2.40. The average Bonchev–Trinajstić information content (AvgIpc) is 2.50. The molecule has 2 rings (SSSR count). The van der Waals surface area contributed by atoms with Gasteiger partial charge in [0.15, 0.2) is 0 Å². The number of hydrogen-bond donors (Lipinski definition) is 0. The summed E-state index contributed by atoms with van der Waals surface area (Å²) in [4.78, 5) is 12.9. The normalized spacial score (nSPS) is 12.4. The van der Waals surface area contributed by atoms with Crippen LogP contribution in [0.3, 0.4) is 0 Å². The van der Waals surface area contributed by atoms with E-state index < -0.39 is 10.7 Å². The lowest BCUT2D eigenvalue weighted by Gasteiger charge is -2.21. The van der Waals surface area contributed by atoms with E-state index in [9.17, 15) is 14.5 Å². The maximum atomic E-state index is 13.8. The first kappa shape index (κ1) is 17.7. The molecular weight excluding hydrogens is 339 g/mol. The van der Waals surface area contributed by atoms with Gasteiger partial charge < -0.3 is 4.90 Å². The van der Waals surface area contributed by atoms with E-state index in [1.807, 2.05) is 49.3 Å². The molecule has 2 aromatic carbocycles. The molecule has 0 heterocycles. The second kappa shape index (κ2) is 7.77.